The van der Waals surface area contributed by atoms with Crippen molar-refractivity contribution in [3.8, 4) is 0 Å². The maximum absolute atomic E-state index is 11.6. The van der Waals surface area contributed by atoms with Gasteiger partial charge in [-0.15, -0.1) is 11.8 Å². The van der Waals surface area contributed by atoms with Crippen molar-refractivity contribution in [2.75, 3.05) is 5.75 Å². The van der Waals surface area contributed by atoms with E-state index in [0.717, 1.165) is 10.5 Å². The lowest BCUT2D eigenvalue weighted by Gasteiger charge is -2.01. The molecule has 1 N–H and O–H groups in total. The molecule has 1 amide bonds. The Hall–Kier alpha value is -2.14. The second kappa shape index (κ2) is 7.45. The molecule has 0 bridgehead atoms. The maximum Gasteiger partial charge on any atom is 0.250 e. The average Bonchev–Trinajstić information content (AvgIpc) is 2.48. The average molecular weight is 285 g/mol. The highest BCUT2D eigenvalue weighted by molar-refractivity contribution is 8.00. The molecular formula is C15H15N3OS. The van der Waals surface area contributed by atoms with Crippen molar-refractivity contribution < 1.29 is 4.79 Å². The Bertz CT molecular complexity index is 582. The van der Waals surface area contributed by atoms with Crippen LogP contribution in [0.1, 0.15) is 11.1 Å². The molecule has 2 aromatic rings. The number of pyridine rings is 1. The van der Waals surface area contributed by atoms with Crippen molar-refractivity contribution in [3.05, 3.63) is 59.9 Å². The number of hydrogen-bond donors (Lipinski definition) is 1. The molecule has 20 heavy (non-hydrogen) atoms. The summed E-state index contributed by atoms with van der Waals surface area (Å²) in [7, 11) is 0. The van der Waals surface area contributed by atoms with Gasteiger partial charge in [-0.2, -0.15) is 5.10 Å². The molecule has 0 spiro atoms. The first-order valence-corrected chi connectivity index (χ1v) is 7.14. The van der Waals surface area contributed by atoms with Gasteiger partial charge in [-0.3, -0.25) is 9.78 Å². The number of rotatable bonds is 5. The van der Waals surface area contributed by atoms with Crippen molar-refractivity contribution in [1.82, 2.24) is 10.4 Å². The molecule has 0 aliphatic rings. The third kappa shape index (κ3) is 4.85. The van der Waals surface area contributed by atoms with E-state index in [1.807, 2.05) is 43.3 Å². The number of aromatic nitrogens is 1. The standard InChI is InChI=1S/C15H15N3OS/c1-12-4-6-14(7-5-12)20-11-15(19)18-17-10-13-3-2-8-16-9-13/h2-10H,11H2,1H3,(H,18,19)/b17-10-. The molecule has 5 heteroatoms. The largest absolute Gasteiger partial charge is 0.272 e. The van der Waals surface area contributed by atoms with E-state index in [1.165, 1.54) is 17.3 Å². The zero-order valence-corrected chi connectivity index (χ0v) is 11.9. The molecule has 102 valence electrons. The molecule has 0 radical (unpaired) electrons. The van der Waals surface area contributed by atoms with Gasteiger partial charge in [-0.05, 0) is 25.1 Å². The zero-order valence-electron chi connectivity index (χ0n) is 11.1. The molecule has 0 aliphatic carbocycles. The molecule has 1 heterocycles. The van der Waals surface area contributed by atoms with E-state index in [4.69, 9.17) is 0 Å². The Labute approximate surface area is 122 Å². The first kappa shape index (κ1) is 14.3. The smallest absolute Gasteiger partial charge is 0.250 e. The molecule has 1 aromatic carbocycles. The van der Waals surface area contributed by atoms with E-state index in [-0.39, 0.29) is 5.91 Å². The zero-order chi connectivity index (χ0) is 14.2. The fourth-order valence-corrected chi connectivity index (χ4v) is 2.14. The molecule has 0 aliphatic heterocycles. The molecule has 0 saturated heterocycles. The van der Waals surface area contributed by atoms with Crippen molar-refractivity contribution in [2.45, 2.75) is 11.8 Å². The Morgan fingerprint density at radius 1 is 1.35 bits per heavy atom. The number of carbonyl (C=O) groups is 1. The predicted octanol–water partition coefficient (Wildman–Crippen LogP) is 2.63. The quantitative estimate of drug-likeness (QED) is 0.522. The monoisotopic (exact) mass is 285 g/mol. The summed E-state index contributed by atoms with van der Waals surface area (Å²) in [5, 5.41) is 3.89. The fourth-order valence-electron chi connectivity index (χ4n) is 1.45. The van der Waals surface area contributed by atoms with Crippen LogP contribution < -0.4 is 5.43 Å². The van der Waals surface area contributed by atoms with Crippen LogP contribution in [-0.2, 0) is 4.79 Å². The second-order valence-electron chi connectivity index (χ2n) is 4.18. The summed E-state index contributed by atoms with van der Waals surface area (Å²) < 4.78 is 0. The summed E-state index contributed by atoms with van der Waals surface area (Å²) in [6.45, 7) is 2.04. The van der Waals surface area contributed by atoms with Crippen molar-refractivity contribution in [2.24, 2.45) is 5.10 Å². The van der Waals surface area contributed by atoms with E-state index < -0.39 is 0 Å². The summed E-state index contributed by atoms with van der Waals surface area (Å²) >= 11 is 1.49. The normalized spacial score (nSPS) is 10.7. The van der Waals surface area contributed by atoms with Crippen LogP contribution >= 0.6 is 11.8 Å². The summed E-state index contributed by atoms with van der Waals surface area (Å²) in [4.78, 5) is 16.6. The second-order valence-corrected chi connectivity index (χ2v) is 5.23. The van der Waals surface area contributed by atoms with Crippen LogP contribution in [0.4, 0.5) is 0 Å². The highest BCUT2D eigenvalue weighted by Gasteiger charge is 2.01. The lowest BCUT2D eigenvalue weighted by molar-refractivity contribution is -0.118. The number of hydrogen-bond acceptors (Lipinski definition) is 4. The molecule has 0 atom stereocenters. The SMILES string of the molecule is Cc1ccc(SCC(=O)N/N=C\c2cccnc2)cc1. The third-order valence-electron chi connectivity index (χ3n) is 2.48. The van der Waals surface area contributed by atoms with Gasteiger partial charge in [-0.1, -0.05) is 23.8 Å². The number of nitrogens with one attached hydrogen (secondary N) is 1. The van der Waals surface area contributed by atoms with Crippen LogP contribution in [-0.4, -0.2) is 22.9 Å². The summed E-state index contributed by atoms with van der Waals surface area (Å²) in [6, 6.07) is 11.8. The first-order chi connectivity index (χ1) is 9.74. The molecule has 0 saturated carbocycles. The van der Waals surface area contributed by atoms with Crippen molar-refractivity contribution >= 4 is 23.9 Å². The van der Waals surface area contributed by atoms with Gasteiger partial charge in [0.25, 0.3) is 0 Å². The van der Waals surface area contributed by atoms with Crippen molar-refractivity contribution in [1.29, 1.82) is 0 Å². The highest BCUT2D eigenvalue weighted by atomic mass is 32.2. The summed E-state index contributed by atoms with van der Waals surface area (Å²) in [5.74, 6) is 0.212. The minimum atomic E-state index is -0.129. The lowest BCUT2D eigenvalue weighted by Crippen LogP contribution is -2.19. The van der Waals surface area contributed by atoms with Gasteiger partial charge >= 0.3 is 0 Å². The molecule has 2 rings (SSSR count). The number of amides is 1. The Kier molecular flexibility index (Phi) is 5.32. The van der Waals surface area contributed by atoms with Gasteiger partial charge in [0.1, 0.15) is 0 Å². The predicted molar refractivity (Wildman–Crippen MR) is 81.9 cm³/mol. The molecule has 1 aromatic heterocycles. The van der Waals surface area contributed by atoms with E-state index in [1.54, 1.807) is 18.6 Å². The van der Waals surface area contributed by atoms with E-state index >= 15 is 0 Å². The molecule has 0 unspecified atom stereocenters. The number of aryl methyl sites for hydroxylation is 1. The molecule has 4 nitrogen and oxygen atoms in total. The maximum atomic E-state index is 11.6. The lowest BCUT2D eigenvalue weighted by atomic mass is 10.2. The Balaban J connectivity index is 1.76. The Morgan fingerprint density at radius 2 is 2.15 bits per heavy atom. The summed E-state index contributed by atoms with van der Waals surface area (Å²) in [5.41, 5.74) is 4.55. The van der Waals surface area contributed by atoms with Gasteiger partial charge in [0.15, 0.2) is 0 Å². The first-order valence-electron chi connectivity index (χ1n) is 6.15. The van der Waals surface area contributed by atoms with Crippen LogP contribution in [0.15, 0.2) is 58.8 Å². The minimum absolute atomic E-state index is 0.129. The van der Waals surface area contributed by atoms with Gasteiger partial charge < -0.3 is 0 Å². The number of nitrogens with zero attached hydrogens (tertiary/aromatic N) is 2. The van der Waals surface area contributed by atoms with Crippen LogP contribution in [0.3, 0.4) is 0 Å². The third-order valence-corrected chi connectivity index (χ3v) is 3.49. The van der Waals surface area contributed by atoms with Gasteiger partial charge in [-0.25, -0.2) is 5.43 Å². The molecule has 0 fully saturated rings. The fraction of sp³-hybridized carbons (Fsp3) is 0.133. The van der Waals surface area contributed by atoms with Crippen LogP contribution in [0.5, 0.6) is 0 Å². The van der Waals surface area contributed by atoms with Crippen molar-refractivity contribution in [3.63, 3.8) is 0 Å². The van der Waals surface area contributed by atoms with E-state index in [9.17, 15) is 4.79 Å². The molecular weight excluding hydrogens is 270 g/mol. The minimum Gasteiger partial charge on any atom is -0.272 e. The van der Waals surface area contributed by atoms with Crippen LogP contribution in [0, 0.1) is 6.92 Å². The van der Waals surface area contributed by atoms with Crippen LogP contribution in [0.25, 0.3) is 0 Å². The number of thioether (sulfide) groups is 1. The number of carbonyl (C=O) groups excluding carboxylic acids is 1. The van der Waals surface area contributed by atoms with E-state index in [2.05, 4.69) is 15.5 Å². The van der Waals surface area contributed by atoms with Gasteiger partial charge in [0, 0.05) is 22.9 Å². The Morgan fingerprint density at radius 3 is 2.85 bits per heavy atom. The summed E-state index contributed by atoms with van der Waals surface area (Å²) in [6.07, 6.45) is 4.94. The van der Waals surface area contributed by atoms with E-state index in [0.29, 0.717) is 5.75 Å². The number of hydrazone groups is 1. The number of benzene rings is 1. The van der Waals surface area contributed by atoms with Crippen LogP contribution in [0.2, 0.25) is 0 Å². The van der Waals surface area contributed by atoms with Gasteiger partial charge in [0.05, 0.1) is 12.0 Å². The highest BCUT2D eigenvalue weighted by Crippen LogP contribution is 2.17. The topological polar surface area (TPSA) is 54.4 Å². The van der Waals surface area contributed by atoms with Gasteiger partial charge in [0.2, 0.25) is 5.91 Å².